The molecular formula is C17H15NO. The van der Waals surface area contributed by atoms with Crippen molar-refractivity contribution in [2.45, 2.75) is 19.8 Å². The first-order valence-corrected chi connectivity index (χ1v) is 6.19. The molecule has 0 radical (unpaired) electrons. The third-order valence-electron chi connectivity index (χ3n) is 3.31. The zero-order valence-corrected chi connectivity index (χ0v) is 11.1. The van der Waals surface area contributed by atoms with Gasteiger partial charge in [0.1, 0.15) is 5.92 Å². The average Bonchev–Trinajstić information content (AvgIpc) is 2.44. The second-order valence-corrected chi connectivity index (χ2v) is 4.64. The molecule has 2 heteroatoms. The third kappa shape index (κ3) is 2.71. The number of nitriles is 1. The van der Waals surface area contributed by atoms with Crippen molar-refractivity contribution in [3.05, 3.63) is 70.8 Å². The molecule has 0 aliphatic carbocycles. The molecule has 2 aromatic carbocycles. The van der Waals surface area contributed by atoms with Crippen molar-refractivity contribution in [2.75, 3.05) is 0 Å². The topological polar surface area (TPSA) is 40.9 Å². The lowest BCUT2D eigenvalue weighted by atomic mass is 9.90. The molecule has 0 bridgehead atoms. The van der Waals surface area contributed by atoms with Gasteiger partial charge in [-0.15, -0.1) is 0 Å². The van der Waals surface area contributed by atoms with Crippen LogP contribution in [0.3, 0.4) is 0 Å². The number of benzene rings is 2. The van der Waals surface area contributed by atoms with Crippen LogP contribution in [0.25, 0.3) is 0 Å². The predicted octanol–water partition coefficient (Wildman–Crippen LogP) is 3.79. The lowest BCUT2D eigenvalue weighted by molar-refractivity contribution is 0.0979. The molecule has 1 unspecified atom stereocenters. The number of nitrogens with zero attached hydrogens (tertiary/aromatic N) is 1. The van der Waals surface area contributed by atoms with Gasteiger partial charge >= 0.3 is 0 Å². The predicted molar refractivity (Wildman–Crippen MR) is 75.0 cm³/mol. The molecule has 2 aromatic rings. The Morgan fingerprint density at radius 3 is 2.32 bits per heavy atom. The molecule has 0 heterocycles. The summed E-state index contributed by atoms with van der Waals surface area (Å²) >= 11 is 0. The van der Waals surface area contributed by atoms with E-state index in [1.807, 2.05) is 50.2 Å². The van der Waals surface area contributed by atoms with Gasteiger partial charge in [0.15, 0.2) is 5.78 Å². The van der Waals surface area contributed by atoms with E-state index in [0.29, 0.717) is 5.56 Å². The van der Waals surface area contributed by atoms with Gasteiger partial charge in [-0.1, -0.05) is 48.5 Å². The Morgan fingerprint density at radius 1 is 1.05 bits per heavy atom. The van der Waals surface area contributed by atoms with E-state index in [2.05, 4.69) is 6.07 Å². The first kappa shape index (κ1) is 13.0. The number of ketones is 1. The summed E-state index contributed by atoms with van der Waals surface area (Å²) in [5, 5.41) is 9.30. The van der Waals surface area contributed by atoms with E-state index in [1.165, 1.54) is 0 Å². The monoisotopic (exact) mass is 249 g/mol. The van der Waals surface area contributed by atoms with Gasteiger partial charge in [-0.2, -0.15) is 5.26 Å². The molecule has 0 fully saturated rings. The molecule has 2 rings (SSSR count). The van der Waals surface area contributed by atoms with Crippen LogP contribution in [-0.2, 0) is 0 Å². The first-order valence-electron chi connectivity index (χ1n) is 6.19. The summed E-state index contributed by atoms with van der Waals surface area (Å²) in [6.45, 7) is 4.00. The van der Waals surface area contributed by atoms with Gasteiger partial charge in [0.25, 0.3) is 0 Å². The highest BCUT2D eigenvalue weighted by Gasteiger charge is 2.21. The van der Waals surface area contributed by atoms with Crippen LogP contribution in [0.15, 0.2) is 48.5 Å². The maximum atomic E-state index is 12.4. The molecule has 0 spiro atoms. The van der Waals surface area contributed by atoms with Gasteiger partial charge < -0.3 is 0 Å². The van der Waals surface area contributed by atoms with Crippen molar-refractivity contribution < 1.29 is 4.79 Å². The van der Waals surface area contributed by atoms with E-state index < -0.39 is 5.92 Å². The van der Waals surface area contributed by atoms with Crippen LogP contribution in [0.5, 0.6) is 0 Å². The van der Waals surface area contributed by atoms with E-state index in [4.69, 9.17) is 0 Å². The minimum absolute atomic E-state index is 0.147. The molecule has 1 atom stereocenters. The number of hydrogen-bond donors (Lipinski definition) is 0. The lowest BCUT2D eigenvalue weighted by Crippen LogP contribution is -2.11. The highest BCUT2D eigenvalue weighted by molar-refractivity contribution is 6.02. The van der Waals surface area contributed by atoms with E-state index in [1.54, 1.807) is 12.1 Å². The first-order chi connectivity index (χ1) is 9.13. The summed E-state index contributed by atoms with van der Waals surface area (Å²) in [6, 6.07) is 16.8. The Labute approximate surface area is 113 Å². The molecular weight excluding hydrogens is 234 g/mol. The minimum Gasteiger partial charge on any atom is -0.292 e. The number of hydrogen-bond acceptors (Lipinski definition) is 2. The quantitative estimate of drug-likeness (QED) is 0.776. The third-order valence-corrected chi connectivity index (χ3v) is 3.31. The minimum atomic E-state index is -0.735. The van der Waals surface area contributed by atoms with Crippen molar-refractivity contribution in [2.24, 2.45) is 0 Å². The standard InChI is InChI=1S/C17H15NO/c1-12-8-9-15(10-13(12)2)16(11-18)17(19)14-6-4-3-5-7-14/h3-10,16H,1-2H3. The van der Waals surface area contributed by atoms with Gasteiger partial charge in [-0.3, -0.25) is 4.79 Å². The smallest absolute Gasteiger partial charge is 0.184 e. The van der Waals surface area contributed by atoms with Crippen LogP contribution >= 0.6 is 0 Å². The Morgan fingerprint density at radius 2 is 1.74 bits per heavy atom. The number of Topliss-reactive ketones (excluding diaryl/α,β-unsaturated/α-hetero) is 1. The molecule has 0 saturated heterocycles. The molecule has 0 saturated carbocycles. The van der Waals surface area contributed by atoms with E-state index in [0.717, 1.165) is 16.7 Å². The zero-order valence-electron chi connectivity index (χ0n) is 11.1. The Bertz CT molecular complexity index is 638. The second kappa shape index (κ2) is 5.49. The summed E-state index contributed by atoms with van der Waals surface area (Å²) < 4.78 is 0. The highest BCUT2D eigenvalue weighted by atomic mass is 16.1. The average molecular weight is 249 g/mol. The van der Waals surface area contributed by atoms with Crippen molar-refractivity contribution in [1.29, 1.82) is 5.26 Å². The van der Waals surface area contributed by atoms with Crippen molar-refractivity contribution in [1.82, 2.24) is 0 Å². The number of aryl methyl sites for hydroxylation is 2. The Hall–Kier alpha value is -2.40. The van der Waals surface area contributed by atoms with E-state index in [-0.39, 0.29) is 5.78 Å². The molecule has 0 N–H and O–H groups in total. The highest BCUT2D eigenvalue weighted by Crippen LogP contribution is 2.22. The van der Waals surface area contributed by atoms with Crippen molar-refractivity contribution >= 4 is 5.78 Å². The van der Waals surface area contributed by atoms with Gasteiger partial charge in [-0.05, 0) is 30.5 Å². The summed E-state index contributed by atoms with van der Waals surface area (Å²) in [5.41, 5.74) is 3.60. The summed E-state index contributed by atoms with van der Waals surface area (Å²) in [7, 11) is 0. The SMILES string of the molecule is Cc1ccc(C(C#N)C(=O)c2ccccc2)cc1C. The number of rotatable bonds is 3. The maximum absolute atomic E-state index is 12.4. The maximum Gasteiger partial charge on any atom is 0.184 e. The fourth-order valence-corrected chi connectivity index (χ4v) is 2.00. The van der Waals surface area contributed by atoms with Gasteiger partial charge in [0.2, 0.25) is 0 Å². The van der Waals surface area contributed by atoms with Gasteiger partial charge in [-0.25, -0.2) is 0 Å². The van der Waals surface area contributed by atoms with Crippen LogP contribution in [0.1, 0.15) is 33.0 Å². The summed E-state index contributed by atoms with van der Waals surface area (Å²) in [4.78, 5) is 12.4. The van der Waals surface area contributed by atoms with Crippen LogP contribution in [-0.4, -0.2) is 5.78 Å². The molecule has 0 aliphatic heterocycles. The zero-order chi connectivity index (χ0) is 13.8. The van der Waals surface area contributed by atoms with Gasteiger partial charge in [0.05, 0.1) is 6.07 Å². The van der Waals surface area contributed by atoms with Gasteiger partial charge in [0, 0.05) is 5.56 Å². The molecule has 2 nitrogen and oxygen atoms in total. The number of carbonyl (C=O) groups excluding carboxylic acids is 1. The molecule has 94 valence electrons. The lowest BCUT2D eigenvalue weighted by Gasteiger charge is -2.10. The molecule has 0 aromatic heterocycles. The fraction of sp³-hybridized carbons (Fsp3) is 0.176. The second-order valence-electron chi connectivity index (χ2n) is 4.64. The van der Waals surface area contributed by atoms with Crippen molar-refractivity contribution in [3.63, 3.8) is 0 Å². The normalized spacial score (nSPS) is 11.6. The Kier molecular flexibility index (Phi) is 3.77. The Balaban J connectivity index is 2.38. The summed E-state index contributed by atoms with van der Waals surface area (Å²) in [6.07, 6.45) is 0. The number of carbonyl (C=O) groups is 1. The van der Waals surface area contributed by atoms with Crippen LogP contribution in [0.4, 0.5) is 0 Å². The molecule has 19 heavy (non-hydrogen) atoms. The largest absolute Gasteiger partial charge is 0.292 e. The van der Waals surface area contributed by atoms with Crippen LogP contribution < -0.4 is 0 Å². The van der Waals surface area contributed by atoms with E-state index >= 15 is 0 Å². The van der Waals surface area contributed by atoms with Crippen LogP contribution in [0, 0.1) is 25.2 Å². The fourth-order valence-electron chi connectivity index (χ4n) is 2.00. The molecule has 0 amide bonds. The van der Waals surface area contributed by atoms with E-state index in [9.17, 15) is 10.1 Å². The van der Waals surface area contributed by atoms with Crippen LogP contribution in [0.2, 0.25) is 0 Å². The molecule has 0 aliphatic rings. The summed E-state index contributed by atoms with van der Waals surface area (Å²) in [5.74, 6) is -0.881. The van der Waals surface area contributed by atoms with Crippen molar-refractivity contribution in [3.8, 4) is 6.07 Å².